The van der Waals surface area contributed by atoms with Crippen LogP contribution >= 0.6 is 23.4 Å². The van der Waals surface area contributed by atoms with Crippen molar-refractivity contribution >= 4 is 51.8 Å². The summed E-state index contributed by atoms with van der Waals surface area (Å²) in [6.45, 7) is 1.90. The topological polar surface area (TPSA) is 88.3 Å². The maximum atomic E-state index is 12.7. The molecular formula is C20H17ClN2O4S. The van der Waals surface area contributed by atoms with Crippen molar-refractivity contribution < 1.29 is 14.3 Å². The van der Waals surface area contributed by atoms with Crippen LogP contribution < -0.4 is 10.7 Å². The molecule has 6 nitrogen and oxygen atoms in total. The van der Waals surface area contributed by atoms with Crippen LogP contribution in [-0.2, 0) is 9.53 Å². The molecule has 0 aliphatic carbocycles. The number of rotatable bonds is 5. The Hall–Kier alpha value is -2.77. The number of carbonyl (C=O) groups is 2. The number of aromatic amines is 1. The van der Waals surface area contributed by atoms with Gasteiger partial charge in [-0.1, -0.05) is 41.6 Å². The molecular weight excluding hydrogens is 400 g/mol. The van der Waals surface area contributed by atoms with Crippen molar-refractivity contribution in [1.82, 2.24) is 4.98 Å². The van der Waals surface area contributed by atoms with Gasteiger partial charge in [-0.3, -0.25) is 9.59 Å². The van der Waals surface area contributed by atoms with Gasteiger partial charge in [-0.15, -0.1) is 0 Å². The number of ether oxygens (including phenoxy) is 1. The van der Waals surface area contributed by atoms with Gasteiger partial charge in [-0.2, -0.15) is 0 Å². The minimum Gasteiger partial charge on any atom is -0.465 e. The number of hydrogen-bond donors (Lipinski definition) is 2. The second-order valence-electron chi connectivity index (χ2n) is 6.02. The summed E-state index contributed by atoms with van der Waals surface area (Å²) in [5.74, 6) is -1.10. The molecule has 2 N–H and O–H groups in total. The van der Waals surface area contributed by atoms with Crippen LogP contribution in [0.15, 0.2) is 52.3 Å². The van der Waals surface area contributed by atoms with E-state index in [-0.39, 0.29) is 22.2 Å². The first-order chi connectivity index (χ1) is 13.4. The van der Waals surface area contributed by atoms with Crippen LogP contribution in [0, 0.1) is 6.92 Å². The van der Waals surface area contributed by atoms with E-state index in [9.17, 15) is 14.4 Å². The normalized spacial score (nSPS) is 10.7. The summed E-state index contributed by atoms with van der Waals surface area (Å²) in [6.07, 6.45) is 0. The molecule has 0 saturated carbocycles. The average molecular weight is 417 g/mol. The number of aromatic nitrogens is 1. The number of thioether (sulfide) groups is 1. The van der Waals surface area contributed by atoms with Crippen LogP contribution in [0.25, 0.3) is 10.9 Å². The van der Waals surface area contributed by atoms with Gasteiger partial charge in [0.25, 0.3) is 0 Å². The van der Waals surface area contributed by atoms with Crippen molar-refractivity contribution in [3.8, 4) is 0 Å². The van der Waals surface area contributed by atoms with E-state index in [1.807, 2.05) is 13.0 Å². The number of nitrogens with one attached hydrogen (secondary N) is 2. The fourth-order valence-corrected chi connectivity index (χ4v) is 3.79. The van der Waals surface area contributed by atoms with Crippen molar-refractivity contribution in [3.05, 3.63) is 68.8 Å². The first-order valence-corrected chi connectivity index (χ1v) is 9.69. The first kappa shape index (κ1) is 20.0. The number of methoxy groups -OCH3 is 1. The number of para-hydroxylation sites is 1. The Morgan fingerprint density at radius 3 is 2.68 bits per heavy atom. The number of pyridine rings is 1. The maximum Gasteiger partial charge on any atom is 0.344 e. The van der Waals surface area contributed by atoms with E-state index in [4.69, 9.17) is 16.3 Å². The van der Waals surface area contributed by atoms with E-state index in [0.717, 1.165) is 17.3 Å². The van der Waals surface area contributed by atoms with Crippen LogP contribution in [0.2, 0.25) is 5.02 Å². The van der Waals surface area contributed by atoms with E-state index in [1.54, 1.807) is 36.4 Å². The molecule has 1 heterocycles. The summed E-state index contributed by atoms with van der Waals surface area (Å²) in [7, 11) is 1.21. The van der Waals surface area contributed by atoms with Crippen molar-refractivity contribution in [2.75, 3.05) is 18.2 Å². The number of fused-ring (bicyclic) bond motifs is 1. The number of benzene rings is 2. The molecule has 0 aliphatic heterocycles. The molecule has 0 unspecified atom stereocenters. The minimum atomic E-state index is -0.753. The molecule has 8 heteroatoms. The lowest BCUT2D eigenvalue weighted by Gasteiger charge is -2.11. The Bertz CT molecular complexity index is 1130. The monoisotopic (exact) mass is 416 g/mol. The molecule has 1 amide bonds. The third-order valence-corrected chi connectivity index (χ3v) is 5.32. The smallest absolute Gasteiger partial charge is 0.344 e. The van der Waals surface area contributed by atoms with E-state index in [0.29, 0.717) is 21.6 Å². The highest BCUT2D eigenvalue weighted by molar-refractivity contribution is 8.00. The van der Waals surface area contributed by atoms with E-state index < -0.39 is 11.4 Å². The number of anilines is 1. The van der Waals surface area contributed by atoms with Gasteiger partial charge in [-0.05, 0) is 36.8 Å². The van der Waals surface area contributed by atoms with Gasteiger partial charge in [0, 0.05) is 5.39 Å². The number of esters is 1. The Kier molecular flexibility index (Phi) is 6.06. The molecule has 2 aromatic carbocycles. The zero-order valence-corrected chi connectivity index (χ0v) is 16.7. The molecule has 3 rings (SSSR count). The number of amides is 1. The number of halogens is 1. The van der Waals surface area contributed by atoms with Crippen LogP contribution in [0.5, 0.6) is 0 Å². The highest BCUT2D eigenvalue weighted by atomic mass is 35.5. The summed E-state index contributed by atoms with van der Waals surface area (Å²) >= 11 is 7.18. The summed E-state index contributed by atoms with van der Waals surface area (Å²) < 4.78 is 4.75. The highest BCUT2D eigenvalue weighted by Crippen LogP contribution is 2.25. The largest absolute Gasteiger partial charge is 0.465 e. The fourth-order valence-electron chi connectivity index (χ4n) is 2.65. The lowest BCUT2D eigenvalue weighted by Crippen LogP contribution is -2.20. The quantitative estimate of drug-likeness (QED) is 0.484. The van der Waals surface area contributed by atoms with Crippen molar-refractivity contribution in [1.29, 1.82) is 0 Å². The molecule has 0 bridgehead atoms. The summed E-state index contributed by atoms with van der Waals surface area (Å²) in [5, 5.41) is 3.82. The molecule has 0 aliphatic rings. The second kappa shape index (κ2) is 8.50. The van der Waals surface area contributed by atoms with Crippen LogP contribution in [0.4, 0.5) is 5.69 Å². The molecule has 0 spiro atoms. The summed E-state index contributed by atoms with van der Waals surface area (Å²) in [5.41, 5.74) is 1.49. The second-order valence-corrected chi connectivity index (χ2v) is 7.41. The van der Waals surface area contributed by atoms with Crippen LogP contribution in [0.1, 0.15) is 15.9 Å². The van der Waals surface area contributed by atoms with Crippen LogP contribution in [-0.4, -0.2) is 29.7 Å². The van der Waals surface area contributed by atoms with E-state index in [1.165, 1.54) is 7.11 Å². The first-order valence-electron chi connectivity index (χ1n) is 8.33. The third kappa shape index (κ3) is 4.21. The van der Waals surface area contributed by atoms with Gasteiger partial charge < -0.3 is 15.0 Å². The van der Waals surface area contributed by atoms with Gasteiger partial charge in [-0.25, -0.2) is 4.79 Å². The molecule has 1 aromatic heterocycles. The molecule has 0 radical (unpaired) electrons. The van der Waals surface area contributed by atoms with Gasteiger partial charge in [0.1, 0.15) is 5.56 Å². The van der Waals surface area contributed by atoms with E-state index in [2.05, 4.69) is 10.3 Å². The SMILES string of the molecule is COC(=O)c1c(SCC(=O)Nc2ccc(C)cc2Cl)[nH]c2ccccc2c1=O. The van der Waals surface area contributed by atoms with Crippen LogP contribution in [0.3, 0.4) is 0 Å². The van der Waals surface area contributed by atoms with Crippen molar-refractivity contribution in [3.63, 3.8) is 0 Å². The molecule has 0 atom stereocenters. The molecule has 0 saturated heterocycles. The summed E-state index contributed by atoms with van der Waals surface area (Å²) in [6, 6.07) is 12.2. The van der Waals surface area contributed by atoms with Gasteiger partial charge >= 0.3 is 5.97 Å². The van der Waals surface area contributed by atoms with Gasteiger partial charge in [0.15, 0.2) is 0 Å². The minimum absolute atomic E-state index is 0.0253. The number of aryl methyl sites for hydroxylation is 1. The Balaban J connectivity index is 1.86. The Morgan fingerprint density at radius 2 is 1.96 bits per heavy atom. The third-order valence-electron chi connectivity index (χ3n) is 4.01. The number of hydrogen-bond acceptors (Lipinski definition) is 5. The zero-order valence-electron chi connectivity index (χ0n) is 15.2. The number of carbonyl (C=O) groups excluding carboxylic acids is 2. The maximum absolute atomic E-state index is 12.7. The number of H-pyrrole nitrogens is 1. The predicted molar refractivity (Wildman–Crippen MR) is 111 cm³/mol. The lowest BCUT2D eigenvalue weighted by molar-refractivity contribution is -0.113. The molecule has 28 heavy (non-hydrogen) atoms. The fraction of sp³-hybridized carbons (Fsp3) is 0.150. The van der Waals surface area contributed by atoms with Gasteiger partial charge in [0.05, 0.1) is 34.1 Å². The van der Waals surface area contributed by atoms with E-state index >= 15 is 0 Å². The molecule has 144 valence electrons. The lowest BCUT2D eigenvalue weighted by atomic mass is 10.1. The predicted octanol–water partition coefficient (Wildman–Crippen LogP) is 4.01. The van der Waals surface area contributed by atoms with Crippen molar-refractivity contribution in [2.45, 2.75) is 11.9 Å². The summed E-state index contributed by atoms with van der Waals surface area (Å²) in [4.78, 5) is 40.2. The Morgan fingerprint density at radius 1 is 1.21 bits per heavy atom. The van der Waals surface area contributed by atoms with Gasteiger partial charge in [0.2, 0.25) is 11.3 Å². The molecule has 0 fully saturated rings. The zero-order chi connectivity index (χ0) is 20.3. The molecule has 3 aromatic rings. The van der Waals surface area contributed by atoms with Crippen molar-refractivity contribution in [2.24, 2.45) is 0 Å². The average Bonchev–Trinajstić information content (AvgIpc) is 2.68. The Labute approximate surface area is 170 Å². The standard InChI is InChI=1S/C20H17ClN2O4S/c1-11-7-8-15(13(21)9-11)22-16(24)10-28-19-17(20(26)27-2)18(25)12-5-3-4-6-14(12)23-19/h3-9H,10H2,1-2H3,(H,22,24)(H,23,25). The highest BCUT2D eigenvalue weighted by Gasteiger charge is 2.21.